The van der Waals surface area contributed by atoms with Crippen LogP contribution in [0.25, 0.3) is 11.1 Å². The topological polar surface area (TPSA) is 109 Å². The van der Waals surface area contributed by atoms with E-state index in [2.05, 4.69) is 48.5 Å². The molecule has 0 fully saturated rings. The maximum absolute atomic E-state index is 8.88. The zero-order valence-corrected chi connectivity index (χ0v) is 10.4. The van der Waals surface area contributed by atoms with Gasteiger partial charge in [0.2, 0.25) is 0 Å². The summed E-state index contributed by atoms with van der Waals surface area (Å²) in [5.41, 5.74) is 2.55. The van der Waals surface area contributed by atoms with Crippen LogP contribution in [0.4, 0.5) is 0 Å². The second kappa shape index (κ2) is 7.76. The average molecular weight is 270 g/mol. The second-order valence-electron chi connectivity index (χ2n) is 3.25. The lowest BCUT2D eigenvalue weighted by Crippen LogP contribution is -1.73. The molecule has 18 heavy (non-hydrogen) atoms. The highest BCUT2D eigenvalue weighted by Gasteiger charge is 2.00. The van der Waals surface area contributed by atoms with Gasteiger partial charge in [0.15, 0.2) is 0 Å². The van der Waals surface area contributed by atoms with Gasteiger partial charge in [-0.05, 0) is 11.1 Å². The highest BCUT2D eigenvalue weighted by atomic mass is 31.2. The van der Waals surface area contributed by atoms with Gasteiger partial charge in [-0.25, -0.2) is 4.57 Å². The summed E-state index contributed by atoms with van der Waals surface area (Å²) in [5.74, 6) is 0. The fourth-order valence-electron chi connectivity index (χ4n) is 1.26. The average Bonchev–Trinajstić information content (AvgIpc) is 2.29. The first-order valence-electron chi connectivity index (χ1n) is 4.85. The summed E-state index contributed by atoms with van der Waals surface area (Å²) in [7, 11) is -4.64. The van der Waals surface area contributed by atoms with Crippen LogP contribution >= 0.6 is 7.82 Å². The molecule has 5 nitrogen and oxygen atoms in total. The van der Waals surface area contributed by atoms with Crippen LogP contribution in [0.5, 0.6) is 0 Å². The van der Waals surface area contributed by atoms with Crippen LogP contribution in [0.3, 0.4) is 0 Å². The van der Waals surface area contributed by atoms with Crippen molar-refractivity contribution in [1.29, 1.82) is 0 Å². The van der Waals surface area contributed by atoms with Crippen LogP contribution in [0, 0.1) is 0 Å². The Morgan fingerprint density at radius 3 is 1.11 bits per heavy atom. The van der Waals surface area contributed by atoms with E-state index in [0.29, 0.717) is 0 Å². The van der Waals surface area contributed by atoms with Gasteiger partial charge in [0, 0.05) is 0 Å². The molecule has 0 spiro atoms. The molecule has 2 rings (SSSR count). The molecule has 5 N–H and O–H groups in total. The van der Waals surface area contributed by atoms with Crippen LogP contribution in [0.1, 0.15) is 0 Å². The lowest BCUT2D eigenvalue weighted by Gasteiger charge is -1.98. The number of rotatable bonds is 1. The summed E-state index contributed by atoms with van der Waals surface area (Å²) >= 11 is 0. The number of hydrogen-bond acceptors (Lipinski definition) is 1. The van der Waals surface area contributed by atoms with Gasteiger partial charge in [0.25, 0.3) is 0 Å². The third-order valence-electron chi connectivity index (χ3n) is 1.88. The van der Waals surface area contributed by atoms with E-state index in [-0.39, 0.29) is 5.48 Å². The number of phosphoric acid groups is 1. The Kier molecular flexibility index (Phi) is 7.12. The van der Waals surface area contributed by atoms with Crippen molar-refractivity contribution >= 4 is 7.82 Å². The first-order valence-corrected chi connectivity index (χ1v) is 6.42. The Morgan fingerprint density at radius 1 is 0.667 bits per heavy atom. The molecule has 0 unspecified atom stereocenters. The zero-order chi connectivity index (χ0) is 12.7. The summed E-state index contributed by atoms with van der Waals surface area (Å²) in [5, 5.41) is 0. The van der Waals surface area contributed by atoms with Gasteiger partial charge in [0.05, 0.1) is 0 Å². The maximum Gasteiger partial charge on any atom is 0.466 e. The van der Waals surface area contributed by atoms with E-state index in [0.717, 1.165) is 0 Å². The SMILES string of the molecule is O.O=P(O)(O)O.c1ccc(-c2ccccc2)cc1. The highest BCUT2D eigenvalue weighted by molar-refractivity contribution is 7.45. The Morgan fingerprint density at radius 2 is 0.889 bits per heavy atom. The van der Waals surface area contributed by atoms with Gasteiger partial charge in [-0.15, -0.1) is 0 Å². The Hall–Kier alpha value is -1.49. The van der Waals surface area contributed by atoms with Gasteiger partial charge in [-0.1, -0.05) is 60.7 Å². The van der Waals surface area contributed by atoms with Gasteiger partial charge in [-0.3, -0.25) is 0 Å². The van der Waals surface area contributed by atoms with Gasteiger partial charge < -0.3 is 20.2 Å². The molecule has 0 saturated heterocycles. The van der Waals surface area contributed by atoms with Crippen molar-refractivity contribution < 1.29 is 24.7 Å². The first-order chi connectivity index (χ1) is 7.97. The Balaban J connectivity index is 0.000000421. The zero-order valence-electron chi connectivity index (χ0n) is 9.47. The van der Waals surface area contributed by atoms with Crippen LogP contribution in [0.2, 0.25) is 0 Å². The van der Waals surface area contributed by atoms with E-state index in [9.17, 15) is 0 Å². The van der Waals surface area contributed by atoms with Crippen molar-refractivity contribution in [2.45, 2.75) is 0 Å². The minimum absolute atomic E-state index is 0. The van der Waals surface area contributed by atoms with Gasteiger partial charge >= 0.3 is 7.82 Å². The van der Waals surface area contributed by atoms with E-state index in [1.165, 1.54) is 11.1 Å². The van der Waals surface area contributed by atoms with E-state index < -0.39 is 7.82 Å². The van der Waals surface area contributed by atoms with Crippen molar-refractivity contribution in [3.63, 3.8) is 0 Å². The molecular formula is C12H15O5P. The fourth-order valence-corrected chi connectivity index (χ4v) is 1.26. The predicted molar refractivity (Wildman–Crippen MR) is 69.8 cm³/mol. The minimum Gasteiger partial charge on any atom is -0.412 e. The molecule has 0 aromatic heterocycles. The van der Waals surface area contributed by atoms with Crippen molar-refractivity contribution in [3.05, 3.63) is 60.7 Å². The van der Waals surface area contributed by atoms with Crippen molar-refractivity contribution in [2.24, 2.45) is 0 Å². The quantitative estimate of drug-likeness (QED) is 0.683. The molecule has 6 heteroatoms. The Bertz CT molecular complexity index is 435. The molecule has 0 saturated carbocycles. The lowest BCUT2D eigenvalue weighted by molar-refractivity contribution is 0.275. The molecule has 0 heterocycles. The molecule has 98 valence electrons. The molecule has 0 bridgehead atoms. The standard InChI is InChI=1S/C12H10.H3O4P.H2O/c1-3-7-11(8-4-1)12-9-5-2-6-10-12;1-5(2,3)4;/h1-10H;(H3,1,2,3,4);1H2. The van der Waals surface area contributed by atoms with Gasteiger partial charge in [-0.2, -0.15) is 0 Å². The molecule has 2 aromatic carbocycles. The van der Waals surface area contributed by atoms with E-state index in [1.807, 2.05) is 12.1 Å². The summed E-state index contributed by atoms with van der Waals surface area (Å²) in [4.78, 5) is 21.6. The molecule has 0 amide bonds. The van der Waals surface area contributed by atoms with Crippen LogP contribution < -0.4 is 0 Å². The van der Waals surface area contributed by atoms with Crippen LogP contribution in [-0.2, 0) is 4.57 Å². The smallest absolute Gasteiger partial charge is 0.412 e. The maximum atomic E-state index is 8.88. The molecule has 0 aliphatic heterocycles. The predicted octanol–water partition coefficient (Wildman–Crippen LogP) is 1.60. The van der Waals surface area contributed by atoms with Gasteiger partial charge in [0.1, 0.15) is 0 Å². The summed E-state index contributed by atoms with van der Waals surface area (Å²) in [6.07, 6.45) is 0. The molecular weight excluding hydrogens is 255 g/mol. The summed E-state index contributed by atoms with van der Waals surface area (Å²) in [6, 6.07) is 20.8. The molecule has 0 atom stereocenters. The Labute approximate surface area is 105 Å². The number of benzene rings is 2. The first kappa shape index (κ1) is 16.5. The fraction of sp³-hybridized carbons (Fsp3) is 0. The third kappa shape index (κ3) is 7.73. The van der Waals surface area contributed by atoms with Crippen LogP contribution in [0.15, 0.2) is 60.7 Å². The highest BCUT2D eigenvalue weighted by Crippen LogP contribution is 2.25. The molecule has 0 aliphatic carbocycles. The largest absolute Gasteiger partial charge is 0.466 e. The molecule has 0 aliphatic rings. The molecule has 0 radical (unpaired) electrons. The number of hydrogen-bond donors (Lipinski definition) is 3. The summed E-state index contributed by atoms with van der Waals surface area (Å²) in [6.45, 7) is 0. The van der Waals surface area contributed by atoms with E-state index in [1.54, 1.807) is 0 Å². The molecule has 2 aromatic rings. The minimum atomic E-state index is -4.64. The van der Waals surface area contributed by atoms with Crippen molar-refractivity contribution in [1.82, 2.24) is 0 Å². The van der Waals surface area contributed by atoms with Crippen molar-refractivity contribution in [3.8, 4) is 11.1 Å². The normalized spacial score (nSPS) is 9.72. The summed E-state index contributed by atoms with van der Waals surface area (Å²) < 4.78 is 8.88. The van der Waals surface area contributed by atoms with E-state index >= 15 is 0 Å². The second-order valence-corrected chi connectivity index (χ2v) is 4.27. The third-order valence-corrected chi connectivity index (χ3v) is 1.88. The lowest BCUT2D eigenvalue weighted by atomic mass is 10.1. The van der Waals surface area contributed by atoms with E-state index in [4.69, 9.17) is 19.2 Å². The van der Waals surface area contributed by atoms with Crippen LogP contribution in [-0.4, -0.2) is 20.2 Å². The van der Waals surface area contributed by atoms with Crippen molar-refractivity contribution in [2.75, 3.05) is 0 Å². The monoisotopic (exact) mass is 270 g/mol.